The third kappa shape index (κ3) is 3.08. The van der Waals surface area contributed by atoms with Crippen LogP contribution < -0.4 is 0 Å². The zero-order valence-corrected chi connectivity index (χ0v) is 10.8. The number of rotatable bonds is 3. The van der Waals surface area contributed by atoms with Crippen LogP contribution in [0.2, 0.25) is 0 Å². The van der Waals surface area contributed by atoms with Gasteiger partial charge in [0.25, 0.3) is 0 Å². The molecule has 2 rings (SSSR count). The Bertz CT molecular complexity index is 517. The Hall–Kier alpha value is -1.95. The maximum Gasteiger partial charge on any atom is 0.231 e. The van der Waals surface area contributed by atoms with Crippen molar-refractivity contribution in [3.05, 3.63) is 71.8 Å². The van der Waals surface area contributed by atoms with Gasteiger partial charge in [-0.3, -0.25) is 9.59 Å². The normalized spacial score (nSPS) is 10.9. The molecule has 0 saturated heterocycles. The van der Waals surface area contributed by atoms with Crippen LogP contribution in [0, 0.1) is 0 Å². The van der Waals surface area contributed by atoms with Crippen molar-refractivity contribution in [2.75, 3.05) is 0 Å². The Kier molecular flexibility index (Phi) is 4.46. The van der Waals surface area contributed by atoms with Crippen molar-refractivity contribution in [3.63, 3.8) is 0 Å². The lowest BCUT2D eigenvalue weighted by Crippen LogP contribution is -2.11. The van der Waals surface area contributed by atoms with Crippen LogP contribution in [0.25, 0.3) is 0 Å². The van der Waals surface area contributed by atoms with Gasteiger partial charge in [0.05, 0.1) is 0 Å². The molecule has 0 radical (unpaired) electrons. The standard InChI is InChI=1S/C14H12O4S/c15-13(11-7-3-1-4-8-11)19(18-17)14(16)12-9-5-2-6-10-12/h1-10,17,19H. The van der Waals surface area contributed by atoms with Crippen LogP contribution in [0.1, 0.15) is 20.7 Å². The van der Waals surface area contributed by atoms with E-state index >= 15 is 0 Å². The van der Waals surface area contributed by atoms with Gasteiger partial charge in [-0.15, -0.1) is 0 Å². The Morgan fingerprint density at radius 2 is 1.16 bits per heavy atom. The van der Waals surface area contributed by atoms with Gasteiger partial charge >= 0.3 is 0 Å². The molecular weight excluding hydrogens is 264 g/mol. The quantitative estimate of drug-likeness (QED) is 0.514. The maximum absolute atomic E-state index is 12.1. The molecule has 1 N–H and O–H groups in total. The van der Waals surface area contributed by atoms with Crippen LogP contribution in [-0.2, 0) is 4.33 Å². The first-order valence-corrected chi connectivity index (χ1v) is 6.80. The van der Waals surface area contributed by atoms with Crippen molar-refractivity contribution in [2.24, 2.45) is 0 Å². The summed E-state index contributed by atoms with van der Waals surface area (Å²) < 4.78 is 4.15. The Balaban J connectivity index is 2.26. The predicted octanol–water partition coefficient (Wildman–Crippen LogP) is 3.07. The SMILES string of the molecule is O=C(c1ccccc1)[SH](OO)C(=O)c1ccccc1. The summed E-state index contributed by atoms with van der Waals surface area (Å²) in [5.41, 5.74) is 0.680. The molecule has 4 nitrogen and oxygen atoms in total. The average Bonchev–Trinajstić information content (AvgIpc) is 2.49. The van der Waals surface area contributed by atoms with Gasteiger partial charge in [0.1, 0.15) is 0 Å². The Morgan fingerprint density at radius 1 is 0.789 bits per heavy atom. The number of thiol groups is 1. The molecule has 0 saturated carbocycles. The highest BCUT2D eigenvalue weighted by atomic mass is 32.2. The molecule has 98 valence electrons. The van der Waals surface area contributed by atoms with Crippen LogP contribution >= 0.6 is 11.2 Å². The van der Waals surface area contributed by atoms with Gasteiger partial charge in [-0.05, 0) is 0 Å². The van der Waals surface area contributed by atoms with E-state index in [0.717, 1.165) is 0 Å². The first kappa shape index (κ1) is 13.5. The molecule has 0 aliphatic carbocycles. The molecule has 0 aliphatic heterocycles. The molecule has 0 bridgehead atoms. The zero-order valence-electron chi connectivity index (χ0n) is 9.89. The minimum atomic E-state index is -2.26. The lowest BCUT2D eigenvalue weighted by Gasteiger charge is -2.14. The van der Waals surface area contributed by atoms with E-state index in [1.807, 2.05) is 0 Å². The number of benzene rings is 2. The molecule has 0 spiro atoms. The second kappa shape index (κ2) is 6.29. The molecule has 0 amide bonds. The summed E-state index contributed by atoms with van der Waals surface area (Å²) in [6.07, 6.45) is 0. The molecule has 0 fully saturated rings. The van der Waals surface area contributed by atoms with Crippen molar-refractivity contribution in [1.82, 2.24) is 0 Å². The van der Waals surface area contributed by atoms with Crippen LogP contribution in [0.5, 0.6) is 0 Å². The van der Waals surface area contributed by atoms with E-state index < -0.39 is 21.4 Å². The number of carbonyl (C=O) groups excluding carboxylic acids is 2. The van der Waals surface area contributed by atoms with E-state index in [0.29, 0.717) is 11.1 Å². The highest BCUT2D eigenvalue weighted by Crippen LogP contribution is 2.34. The highest BCUT2D eigenvalue weighted by Gasteiger charge is 2.25. The molecule has 0 unspecified atom stereocenters. The summed E-state index contributed by atoms with van der Waals surface area (Å²) in [5, 5.41) is 7.86. The van der Waals surface area contributed by atoms with Crippen molar-refractivity contribution in [3.8, 4) is 0 Å². The molecule has 0 aliphatic rings. The van der Waals surface area contributed by atoms with Crippen LogP contribution in [0.3, 0.4) is 0 Å². The summed E-state index contributed by atoms with van der Waals surface area (Å²) in [7, 11) is 0. The minimum Gasteiger partial charge on any atom is -0.281 e. The van der Waals surface area contributed by atoms with Crippen LogP contribution in [0.4, 0.5) is 0 Å². The number of hydrogen-bond donors (Lipinski definition) is 2. The van der Waals surface area contributed by atoms with E-state index in [4.69, 9.17) is 5.26 Å². The summed E-state index contributed by atoms with van der Waals surface area (Å²) in [5.74, 6) is 0. The highest BCUT2D eigenvalue weighted by molar-refractivity contribution is 8.38. The monoisotopic (exact) mass is 276 g/mol. The van der Waals surface area contributed by atoms with Crippen molar-refractivity contribution < 1.29 is 19.2 Å². The minimum absolute atomic E-state index is 0.340. The summed E-state index contributed by atoms with van der Waals surface area (Å²) in [4.78, 5) is 24.2. The summed E-state index contributed by atoms with van der Waals surface area (Å²) in [6.45, 7) is 0. The predicted molar refractivity (Wildman–Crippen MR) is 74.2 cm³/mol. The summed E-state index contributed by atoms with van der Waals surface area (Å²) in [6, 6.07) is 16.6. The van der Waals surface area contributed by atoms with Gasteiger partial charge in [-0.25, -0.2) is 5.26 Å². The maximum atomic E-state index is 12.1. The van der Waals surface area contributed by atoms with Gasteiger partial charge in [0.2, 0.25) is 10.2 Å². The lowest BCUT2D eigenvalue weighted by atomic mass is 10.2. The van der Waals surface area contributed by atoms with Crippen molar-refractivity contribution in [2.45, 2.75) is 0 Å². The Morgan fingerprint density at radius 3 is 1.47 bits per heavy atom. The molecule has 5 heteroatoms. The van der Waals surface area contributed by atoms with Crippen LogP contribution in [-0.4, -0.2) is 15.5 Å². The first-order valence-electron chi connectivity index (χ1n) is 5.54. The first-order chi connectivity index (χ1) is 9.24. The van der Waals surface area contributed by atoms with Crippen molar-refractivity contribution >= 4 is 21.4 Å². The van der Waals surface area contributed by atoms with Crippen LogP contribution in [0.15, 0.2) is 60.7 Å². The fraction of sp³-hybridized carbons (Fsp3) is 0. The van der Waals surface area contributed by atoms with Crippen molar-refractivity contribution in [1.29, 1.82) is 0 Å². The van der Waals surface area contributed by atoms with Gasteiger partial charge in [0, 0.05) is 22.3 Å². The molecular formula is C14H12O4S. The third-order valence-electron chi connectivity index (χ3n) is 2.49. The van der Waals surface area contributed by atoms with E-state index in [9.17, 15) is 9.59 Å². The van der Waals surface area contributed by atoms with Gasteiger partial charge in [-0.2, -0.15) is 4.33 Å². The van der Waals surface area contributed by atoms with E-state index in [1.54, 1.807) is 60.7 Å². The molecule has 0 heterocycles. The second-order valence-electron chi connectivity index (χ2n) is 3.72. The largest absolute Gasteiger partial charge is 0.281 e. The fourth-order valence-electron chi connectivity index (χ4n) is 1.56. The lowest BCUT2D eigenvalue weighted by molar-refractivity contribution is -0.118. The van der Waals surface area contributed by atoms with Gasteiger partial charge in [-0.1, -0.05) is 60.7 Å². The molecule has 2 aromatic carbocycles. The fourth-order valence-corrected chi connectivity index (χ4v) is 2.66. The zero-order chi connectivity index (χ0) is 13.7. The average molecular weight is 276 g/mol. The Labute approximate surface area is 113 Å². The molecule has 0 aromatic heterocycles. The molecule has 0 atom stereocenters. The molecule has 2 aromatic rings. The second-order valence-corrected chi connectivity index (χ2v) is 5.28. The van der Waals surface area contributed by atoms with Gasteiger partial charge in [0.15, 0.2) is 0 Å². The third-order valence-corrected chi connectivity index (χ3v) is 3.91. The molecule has 19 heavy (non-hydrogen) atoms. The summed E-state index contributed by atoms with van der Waals surface area (Å²) >= 11 is -2.26. The topological polar surface area (TPSA) is 63.6 Å². The number of hydrogen-bond acceptors (Lipinski definition) is 4. The van der Waals surface area contributed by atoms with E-state index in [1.165, 1.54) is 0 Å². The van der Waals surface area contributed by atoms with Gasteiger partial charge < -0.3 is 0 Å². The number of carbonyl (C=O) groups is 2. The smallest absolute Gasteiger partial charge is 0.231 e. The van der Waals surface area contributed by atoms with E-state index in [2.05, 4.69) is 4.33 Å². The van der Waals surface area contributed by atoms with E-state index in [-0.39, 0.29) is 0 Å².